The molecule has 1 aliphatic heterocycles. The molecule has 1 aliphatic rings. The average Bonchev–Trinajstić information content (AvgIpc) is 2.65. The van der Waals surface area contributed by atoms with Gasteiger partial charge in [0.2, 0.25) is 5.91 Å². The second-order valence-corrected chi connectivity index (χ2v) is 4.09. The number of amides is 1. The van der Waals surface area contributed by atoms with E-state index in [9.17, 15) is 4.79 Å². The summed E-state index contributed by atoms with van der Waals surface area (Å²) in [7, 11) is 1.64. The van der Waals surface area contributed by atoms with Gasteiger partial charge in [0.25, 0.3) is 0 Å². The zero-order valence-corrected chi connectivity index (χ0v) is 8.64. The number of rotatable bonds is 2. The number of nitrogens with one attached hydrogen (secondary N) is 1. The molecular formula is C10H11NO2S. The first-order valence-corrected chi connectivity index (χ1v) is 5.40. The standard InChI is InChI=1S/C10H11NO2S/c1-13-8-5-3-2-4-7(8)10-11-9(12)6-14-10/h2-5,10H,6H2,1H3,(H,11,12)/t10-/m1/s1. The first-order chi connectivity index (χ1) is 6.81. The Morgan fingerprint density at radius 2 is 2.29 bits per heavy atom. The molecule has 4 heteroatoms. The molecule has 1 fully saturated rings. The highest BCUT2D eigenvalue weighted by atomic mass is 32.2. The van der Waals surface area contributed by atoms with Crippen LogP contribution in [0.5, 0.6) is 5.75 Å². The maximum Gasteiger partial charge on any atom is 0.231 e. The summed E-state index contributed by atoms with van der Waals surface area (Å²) in [5.74, 6) is 1.45. The molecule has 0 aliphatic carbocycles. The SMILES string of the molecule is COc1ccccc1[C@@H]1NC(=O)CS1. The lowest BCUT2D eigenvalue weighted by atomic mass is 10.2. The number of carbonyl (C=O) groups excluding carboxylic acids is 1. The van der Waals surface area contributed by atoms with E-state index in [2.05, 4.69) is 5.32 Å². The number of carbonyl (C=O) groups is 1. The molecule has 2 rings (SSSR count). The monoisotopic (exact) mass is 209 g/mol. The summed E-state index contributed by atoms with van der Waals surface area (Å²) in [5.41, 5.74) is 1.03. The summed E-state index contributed by atoms with van der Waals surface area (Å²) in [6, 6.07) is 7.75. The number of thioether (sulfide) groups is 1. The Labute approximate surface area is 86.8 Å². The van der Waals surface area contributed by atoms with E-state index in [1.54, 1.807) is 18.9 Å². The van der Waals surface area contributed by atoms with Crippen LogP contribution in [0.1, 0.15) is 10.9 Å². The average molecular weight is 209 g/mol. The molecule has 1 saturated heterocycles. The van der Waals surface area contributed by atoms with Crippen LogP contribution >= 0.6 is 11.8 Å². The molecule has 0 aromatic heterocycles. The summed E-state index contributed by atoms with van der Waals surface area (Å²) in [5, 5.41) is 2.93. The van der Waals surface area contributed by atoms with Crippen LogP contribution in [0.2, 0.25) is 0 Å². The van der Waals surface area contributed by atoms with Gasteiger partial charge in [0, 0.05) is 5.56 Å². The number of methoxy groups -OCH3 is 1. The van der Waals surface area contributed by atoms with Gasteiger partial charge >= 0.3 is 0 Å². The molecule has 0 bridgehead atoms. The van der Waals surface area contributed by atoms with Gasteiger partial charge in [-0.15, -0.1) is 11.8 Å². The Kier molecular flexibility index (Phi) is 2.63. The minimum Gasteiger partial charge on any atom is -0.496 e. The third kappa shape index (κ3) is 1.70. The Balaban J connectivity index is 2.27. The molecule has 0 unspecified atom stereocenters. The van der Waals surface area contributed by atoms with Crippen LogP contribution in [0.4, 0.5) is 0 Å². The number of hydrogen-bond acceptors (Lipinski definition) is 3. The van der Waals surface area contributed by atoms with Gasteiger partial charge in [0.15, 0.2) is 0 Å². The smallest absolute Gasteiger partial charge is 0.231 e. The van der Waals surface area contributed by atoms with E-state index < -0.39 is 0 Å². The van der Waals surface area contributed by atoms with Crippen LogP contribution in [0.25, 0.3) is 0 Å². The Hall–Kier alpha value is -1.16. The Morgan fingerprint density at radius 1 is 1.50 bits per heavy atom. The van der Waals surface area contributed by atoms with Gasteiger partial charge in [-0.3, -0.25) is 4.79 Å². The van der Waals surface area contributed by atoms with Gasteiger partial charge in [-0.1, -0.05) is 18.2 Å². The molecule has 1 N–H and O–H groups in total. The zero-order valence-electron chi connectivity index (χ0n) is 7.82. The number of ether oxygens (including phenoxy) is 1. The van der Waals surface area contributed by atoms with E-state index in [4.69, 9.17) is 4.74 Å². The highest BCUT2D eigenvalue weighted by Gasteiger charge is 2.24. The van der Waals surface area contributed by atoms with Crippen LogP contribution in [0.15, 0.2) is 24.3 Å². The van der Waals surface area contributed by atoms with Crippen LogP contribution < -0.4 is 10.1 Å². The minimum absolute atomic E-state index is 0.0404. The molecule has 1 atom stereocenters. The van der Waals surface area contributed by atoms with Crippen molar-refractivity contribution >= 4 is 17.7 Å². The molecule has 74 valence electrons. The summed E-state index contributed by atoms with van der Waals surface area (Å²) >= 11 is 1.59. The Morgan fingerprint density at radius 3 is 2.93 bits per heavy atom. The first kappa shape index (κ1) is 9.40. The van der Waals surface area contributed by atoms with E-state index in [0.29, 0.717) is 5.75 Å². The van der Waals surface area contributed by atoms with E-state index in [0.717, 1.165) is 11.3 Å². The maximum absolute atomic E-state index is 11.1. The van der Waals surface area contributed by atoms with Crippen LogP contribution in [-0.2, 0) is 4.79 Å². The molecular weight excluding hydrogens is 198 g/mol. The largest absolute Gasteiger partial charge is 0.496 e. The van der Waals surface area contributed by atoms with Gasteiger partial charge in [-0.05, 0) is 6.07 Å². The fourth-order valence-corrected chi connectivity index (χ4v) is 2.43. The fourth-order valence-electron chi connectivity index (χ4n) is 1.44. The van der Waals surface area contributed by atoms with Crippen LogP contribution in [0.3, 0.4) is 0 Å². The molecule has 1 aromatic rings. The topological polar surface area (TPSA) is 38.3 Å². The normalized spacial score (nSPS) is 20.6. The van der Waals surface area contributed by atoms with Crippen molar-refractivity contribution in [2.24, 2.45) is 0 Å². The summed E-state index contributed by atoms with van der Waals surface area (Å²) in [6.45, 7) is 0. The number of para-hydroxylation sites is 1. The van der Waals surface area contributed by atoms with E-state index >= 15 is 0 Å². The Bertz CT molecular complexity index is 354. The van der Waals surface area contributed by atoms with Crippen molar-refractivity contribution < 1.29 is 9.53 Å². The van der Waals surface area contributed by atoms with Gasteiger partial charge in [-0.25, -0.2) is 0 Å². The van der Waals surface area contributed by atoms with Crippen molar-refractivity contribution in [3.05, 3.63) is 29.8 Å². The third-order valence-electron chi connectivity index (χ3n) is 2.09. The predicted octanol–water partition coefficient (Wildman–Crippen LogP) is 1.56. The van der Waals surface area contributed by atoms with Gasteiger partial charge in [0.1, 0.15) is 11.1 Å². The number of hydrogen-bond donors (Lipinski definition) is 1. The lowest BCUT2D eigenvalue weighted by Crippen LogP contribution is -2.19. The molecule has 1 amide bonds. The van der Waals surface area contributed by atoms with Crippen molar-refractivity contribution in [1.82, 2.24) is 5.32 Å². The lowest BCUT2D eigenvalue weighted by molar-refractivity contribution is -0.118. The van der Waals surface area contributed by atoms with E-state index in [-0.39, 0.29) is 11.3 Å². The van der Waals surface area contributed by atoms with Gasteiger partial charge in [-0.2, -0.15) is 0 Å². The van der Waals surface area contributed by atoms with Crippen molar-refractivity contribution in [1.29, 1.82) is 0 Å². The molecule has 1 heterocycles. The summed E-state index contributed by atoms with van der Waals surface area (Å²) in [6.07, 6.45) is 0. The first-order valence-electron chi connectivity index (χ1n) is 4.35. The predicted molar refractivity (Wildman–Crippen MR) is 56.3 cm³/mol. The van der Waals surface area contributed by atoms with E-state index in [1.165, 1.54) is 0 Å². The van der Waals surface area contributed by atoms with Gasteiger partial charge < -0.3 is 10.1 Å². The third-order valence-corrected chi connectivity index (χ3v) is 3.23. The molecule has 0 radical (unpaired) electrons. The van der Waals surface area contributed by atoms with Crippen LogP contribution in [-0.4, -0.2) is 18.8 Å². The molecule has 14 heavy (non-hydrogen) atoms. The van der Waals surface area contributed by atoms with Crippen molar-refractivity contribution in [2.75, 3.05) is 12.9 Å². The van der Waals surface area contributed by atoms with Crippen molar-refractivity contribution in [3.8, 4) is 5.75 Å². The molecule has 3 nitrogen and oxygen atoms in total. The second kappa shape index (κ2) is 3.92. The zero-order chi connectivity index (χ0) is 9.97. The lowest BCUT2D eigenvalue weighted by Gasteiger charge is -2.13. The summed E-state index contributed by atoms with van der Waals surface area (Å²) in [4.78, 5) is 11.1. The maximum atomic E-state index is 11.1. The van der Waals surface area contributed by atoms with E-state index in [1.807, 2.05) is 24.3 Å². The fraction of sp³-hybridized carbons (Fsp3) is 0.300. The van der Waals surface area contributed by atoms with Crippen molar-refractivity contribution in [3.63, 3.8) is 0 Å². The number of benzene rings is 1. The quantitative estimate of drug-likeness (QED) is 0.803. The van der Waals surface area contributed by atoms with Gasteiger partial charge in [0.05, 0.1) is 12.9 Å². The van der Waals surface area contributed by atoms with Crippen molar-refractivity contribution in [2.45, 2.75) is 5.37 Å². The van der Waals surface area contributed by atoms with Crippen LogP contribution in [0, 0.1) is 0 Å². The molecule has 0 saturated carbocycles. The highest BCUT2D eigenvalue weighted by Crippen LogP contribution is 2.35. The summed E-state index contributed by atoms with van der Waals surface area (Å²) < 4.78 is 5.23. The highest BCUT2D eigenvalue weighted by molar-refractivity contribution is 8.00. The second-order valence-electron chi connectivity index (χ2n) is 3.00. The minimum atomic E-state index is 0.0404. The molecule has 1 aromatic carbocycles. The molecule has 0 spiro atoms.